The number of halogens is 1. The molecule has 0 saturated carbocycles. The van der Waals surface area contributed by atoms with Crippen molar-refractivity contribution in [1.29, 1.82) is 0 Å². The molecule has 5 nitrogen and oxygen atoms in total. The second-order valence-electron chi connectivity index (χ2n) is 6.21. The van der Waals surface area contributed by atoms with Crippen molar-refractivity contribution in [3.05, 3.63) is 58.7 Å². The molecule has 0 radical (unpaired) electrons. The molecule has 0 amide bonds. The lowest BCUT2D eigenvalue weighted by atomic mass is 10.1. The zero-order valence-electron chi connectivity index (χ0n) is 15.6. The van der Waals surface area contributed by atoms with Crippen LogP contribution in [0.25, 0.3) is 21.3 Å². The van der Waals surface area contributed by atoms with E-state index in [4.69, 9.17) is 21.1 Å². The maximum atomic E-state index is 6.27. The molecule has 0 unspecified atom stereocenters. The first-order valence-electron chi connectivity index (χ1n) is 8.58. The number of hydrogen-bond acceptors (Lipinski definition) is 6. The molecule has 0 aliphatic carbocycles. The van der Waals surface area contributed by atoms with Gasteiger partial charge in [0.25, 0.3) is 0 Å². The smallest absolute Gasteiger partial charge is 0.161 e. The van der Waals surface area contributed by atoms with Crippen LogP contribution in [0.1, 0.15) is 5.56 Å². The normalized spacial score (nSPS) is 10.9. The van der Waals surface area contributed by atoms with Crippen LogP contribution in [-0.4, -0.2) is 24.2 Å². The Balaban J connectivity index is 1.82. The number of anilines is 2. The van der Waals surface area contributed by atoms with E-state index < -0.39 is 0 Å². The average Bonchev–Trinajstić information content (AvgIpc) is 3.15. The largest absolute Gasteiger partial charge is 0.493 e. The van der Waals surface area contributed by atoms with Crippen LogP contribution >= 0.6 is 22.9 Å². The Hall–Kier alpha value is -2.83. The molecule has 0 atom stereocenters. The molecule has 4 aromatic rings. The molecule has 0 aliphatic rings. The predicted octanol–water partition coefficient (Wildman–Crippen LogP) is 6.08. The summed E-state index contributed by atoms with van der Waals surface area (Å²) in [5.74, 6) is 2.10. The lowest BCUT2D eigenvalue weighted by Gasteiger charge is -2.11. The summed E-state index contributed by atoms with van der Waals surface area (Å²) in [5.41, 5.74) is 3.94. The summed E-state index contributed by atoms with van der Waals surface area (Å²) in [6.45, 7) is 1.98. The van der Waals surface area contributed by atoms with Crippen LogP contribution in [0.2, 0.25) is 5.02 Å². The maximum absolute atomic E-state index is 6.27. The third-order valence-corrected chi connectivity index (χ3v) is 5.79. The highest BCUT2D eigenvalue weighted by Crippen LogP contribution is 2.40. The Bertz CT molecular complexity index is 1160. The Labute approximate surface area is 171 Å². The van der Waals surface area contributed by atoms with E-state index in [1.165, 1.54) is 0 Å². The van der Waals surface area contributed by atoms with E-state index in [1.54, 1.807) is 31.9 Å². The third-order valence-electron chi connectivity index (χ3n) is 4.50. The first-order valence-corrected chi connectivity index (χ1v) is 9.84. The summed E-state index contributed by atoms with van der Waals surface area (Å²) in [6, 6.07) is 11.7. The molecule has 2 aromatic carbocycles. The molecular weight excluding hydrogens is 394 g/mol. The average molecular weight is 412 g/mol. The highest BCUT2D eigenvalue weighted by molar-refractivity contribution is 7.17. The molecule has 142 valence electrons. The van der Waals surface area contributed by atoms with Crippen molar-refractivity contribution >= 4 is 44.7 Å². The van der Waals surface area contributed by atoms with Crippen molar-refractivity contribution in [1.82, 2.24) is 9.97 Å². The van der Waals surface area contributed by atoms with Crippen LogP contribution in [0.15, 0.2) is 48.1 Å². The Morgan fingerprint density at radius 3 is 2.57 bits per heavy atom. The van der Waals surface area contributed by atoms with Crippen molar-refractivity contribution in [2.75, 3.05) is 19.5 Å². The lowest BCUT2D eigenvalue weighted by Crippen LogP contribution is -1.96. The van der Waals surface area contributed by atoms with E-state index in [1.807, 2.05) is 43.3 Å². The molecule has 0 saturated heterocycles. The molecule has 0 fully saturated rings. The fourth-order valence-corrected chi connectivity index (χ4v) is 4.09. The van der Waals surface area contributed by atoms with Crippen molar-refractivity contribution in [2.24, 2.45) is 0 Å². The molecule has 2 aromatic heterocycles. The van der Waals surface area contributed by atoms with E-state index in [9.17, 15) is 0 Å². The minimum Gasteiger partial charge on any atom is -0.493 e. The van der Waals surface area contributed by atoms with Crippen molar-refractivity contribution in [2.45, 2.75) is 6.92 Å². The van der Waals surface area contributed by atoms with E-state index in [-0.39, 0.29) is 0 Å². The van der Waals surface area contributed by atoms with Gasteiger partial charge in [0.1, 0.15) is 17.0 Å². The number of rotatable bonds is 5. The van der Waals surface area contributed by atoms with E-state index in [0.717, 1.165) is 38.4 Å². The van der Waals surface area contributed by atoms with Crippen molar-refractivity contribution in [3.8, 4) is 22.6 Å². The highest BCUT2D eigenvalue weighted by atomic mass is 35.5. The maximum Gasteiger partial charge on any atom is 0.161 e. The fourth-order valence-electron chi connectivity index (χ4n) is 2.99. The van der Waals surface area contributed by atoms with Gasteiger partial charge in [-0.05, 0) is 42.3 Å². The van der Waals surface area contributed by atoms with Crippen LogP contribution in [0.5, 0.6) is 11.5 Å². The summed E-state index contributed by atoms with van der Waals surface area (Å²) < 4.78 is 10.8. The van der Waals surface area contributed by atoms with Gasteiger partial charge in [-0.15, -0.1) is 11.3 Å². The van der Waals surface area contributed by atoms with Crippen LogP contribution < -0.4 is 14.8 Å². The van der Waals surface area contributed by atoms with Gasteiger partial charge in [0.15, 0.2) is 11.5 Å². The molecule has 0 bridgehead atoms. The van der Waals surface area contributed by atoms with Crippen LogP contribution in [0, 0.1) is 6.92 Å². The minimum absolute atomic E-state index is 0.677. The van der Waals surface area contributed by atoms with Crippen LogP contribution in [0.4, 0.5) is 11.5 Å². The number of fused-ring (bicyclic) bond motifs is 1. The Morgan fingerprint density at radius 1 is 1.00 bits per heavy atom. The quantitative estimate of drug-likeness (QED) is 0.431. The first kappa shape index (κ1) is 18.5. The molecule has 7 heteroatoms. The molecule has 1 N–H and O–H groups in total. The lowest BCUT2D eigenvalue weighted by molar-refractivity contribution is 0.355. The van der Waals surface area contributed by atoms with E-state index >= 15 is 0 Å². The molecule has 28 heavy (non-hydrogen) atoms. The Kier molecular flexibility index (Phi) is 5.07. The second-order valence-corrected chi connectivity index (χ2v) is 7.48. The van der Waals surface area contributed by atoms with Gasteiger partial charge in [0, 0.05) is 21.7 Å². The van der Waals surface area contributed by atoms with Crippen LogP contribution in [0.3, 0.4) is 0 Å². The predicted molar refractivity (Wildman–Crippen MR) is 115 cm³/mol. The van der Waals surface area contributed by atoms with E-state index in [0.29, 0.717) is 16.5 Å². The van der Waals surface area contributed by atoms with Gasteiger partial charge in [0.2, 0.25) is 0 Å². The topological polar surface area (TPSA) is 56.3 Å². The number of aryl methyl sites for hydroxylation is 1. The third kappa shape index (κ3) is 3.37. The van der Waals surface area contributed by atoms with Gasteiger partial charge in [-0.1, -0.05) is 23.7 Å². The summed E-state index contributed by atoms with van der Waals surface area (Å²) in [7, 11) is 3.25. The summed E-state index contributed by atoms with van der Waals surface area (Å²) >= 11 is 7.84. The van der Waals surface area contributed by atoms with Gasteiger partial charge >= 0.3 is 0 Å². The number of aromatic nitrogens is 2. The zero-order chi connectivity index (χ0) is 19.7. The standard InChI is InChI=1S/C21H18ClN3O2S/c1-12-4-6-14(9-16(12)22)25-20-19-15(10-28-21(19)24-11-23-20)13-5-7-17(26-2)18(8-13)27-3/h4-11H,1-3H3,(H,23,24,25). The summed E-state index contributed by atoms with van der Waals surface area (Å²) in [5, 5.41) is 7.12. The molecule has 4 rings (SSSR count). The number of thiophene rings is 1. The number of methoxy groups -OCH3 is 2. The molecule has 0 aliphatic heterocycles. The van der Waals surface area contributed by atoms with Gasteiger partial charge in [0.05, 0.1) is 19.6 Å². The number of ether oxygens (including phenoxy) is 2. The number of nitrogens with one attached hydrogen (secondary N) is 1. The van der Waals surface area contributed by atoms with Gasteiger partial charge < -0.3 is 14.8 Å². The molecular formula is C21H18ClN3O2S. The number of hydrogen-bond donors (Lipinski definition) is 1. The SMILES string of the molecule is COc1ccc(-c2csc3ncnc(Nc4ccc(C)c(Cl)c4)c23)cc1OC. The second kappa shape index (κ2) is 7.66. The Morgan fingerprint density at radius 2 is 1.82 bits per heavy atom. The van der Waals surface area contributed by atoms with Crippen molar-refractivity contribution in [3.63, 3.8) is 0 Å². The van der Waals surface area contributed by atoms with Gasteiger partial charge in [-0.25, -0.2) is 9.97 Å². The van der Waals surface area contributed by atoms with Gasteiger partial charge in [-0.3, -0.25) is 0 Å². The number of benzene rings is 2. The van der Waals surface area contributed by atoms with Gasteiger partial charge in [-0.2, -0.15) is 0 Å². The fraction of sp³-hybridized carbons (Fsp3) is 0.143. The molecule has 2 heterocycles. The first-order chi connectivity index (χ1) is 13.6. The van der Waals surface area contributed by atoms with E-state index in [2.05, 4.69) is 20.7 Å². The summed E-state index contributed by atoms with van der Waals surface area (Å²) in [4.78, 5) is 9.80. The summed E-state index contributed by atoms with van der Waals surface area (Å²) in [6.07, 6.45) is 1.56. The van der Waals surface area contributed by atoms with Crippen LogP contribution in [-0.2, 0) is 0 Å². The van der Waals surface area contributed by atoms with Crippen molar-refractivity contribution < 1.29 is 9.47 Å². The highest BCUT2D eigenvalue weighted by Gasteiger charge is 2.15. The zero-order valence-corrected chi connectivity index (χ0v) is 17.2. The molecule has 0 spiro atoms. The number of nitrogens with zero attached hydrogens (tertiary/aromatic N) is 2. The minimum atomic E-state index is 0.677. The monoisotopic (exact) mass is 411 g/mol.